The molecule has 0 saturated carbocycles. The summed E-state index contributed by atoms with van der Waals surface area (Å²) in [5, 5.41) is 3.22. The summed E-state index contributed by atoms with van der Waals surface area (Å²) in [6.45, 7) is 4.73. The number of aryl methyl sites for hydroxylation is 1. The van der Waals surface area contributed by atoms with Gasteiger partial charge in [0.15, 0.2) is 0 Å². The fourth-order valence-electron chi connectivity index (χ4n) is 2.15. The van der Waals surface area contributed by atoms with Crippen LogP contribution in [0.15, 0.2) is 47.4 Å². The van der Waals surface area contributed by atoms with Gasteiger partial charge in [-0.1, -0.05) is 30.3 Å². The smallest absolute Gasteiger partial charge is 0.242 e. The van der Waals surface area contributed by atoms with E-state index in [4.69, 9.17) is 0 Å². The van der Waals surface area contributed by atoms with Gasteiger partial charge in [0.1, 0.15) is 4.90 Å². The van der Waals surface area contributed by atoms with Crippen molar-refractivity contribution in [3.63, 3.8) is 0 Å². The summed E-state index contributed by atoms with van der Waals surface area (Å²) in [5.41, 5.74) is 4.21. The molecule has 0 saturated heterocycles. The quantitative estimate of drug-likeness (QED) is 0.893. The van der Waals surface area contributed by atoms with Crippen LogP contribution in [0.2, 0.25) is 0 Å². The average Bonchev–Trinajstić information content (AvgIpc) is 2.49. The topological polar surface area (TPSA) is 58.2 Å². The fourth-order valence-corrected chi connectivity index (χ4v) is 3.06. The first kappa shape index (κ1) is 15.5. The minimum Gasteiger partial charge on any atom is -0.380 e. The SMILES string of the molecule is CNS(=O)(=O)c1ccccc1NCc1cccc(C)c1C. The highest BCUT2D eigenvalue weighted by Gasteiger charge is 2.15. The highest BCUT2D eigenvalue weighted by atomic mass is 32.2. The third kappa shape index (κ3) is 3.43. The van der Waals surface area contributed by atoms with Crippen molar-refractivity contribution >= 4 is 15.7 Å². The molecular formula is C16H20N2O2S. The van der Waals surface area contributed by atoms with E-state index >= 15 is 0 Å². The van der Waals surface area contributed by atoms with Crippen LogP contribution in [-0.4, -0.2) is 15.5 Å². The largest absolute Gasteiger partial charge is 0.380 e. The molecule has 0 radical (unpaired) electrons. The zero-order valence-electron chi connectivity index (χ0n) is 12.5. The molecule has 0 aliphatic rings. The molecule has 0 bridgehead atoms. The number of rotatable bonds is 5. The maximum Gasteiger partial charge on any atom is 0.242 e. The molecule has 0 aliphatic carbocycles. The highest BCUT2D eigenvalue weighted by molar-refractivity contribution is 7.89. The Kier molecular flexibility index (Phi) is 4.65. The molecule has 2 N–H and O–H groups in total. The average molecular weight is 304 g/mol. The Morgan fingerprint density at radius 2 is 1.71 bits per heavy atom. The first-order valence-corrected chi connectivity index (χ1v) is 8.25. The first-order chi connectivity index (χ1) is 9.95. The lowest BCUT2D eigenvalue weighted by molar-refractivity contribution is 0.588. The predicted octanol–water partition coefficient (Wildman–Crippen LogP) is 2.82. The third-order valence-electron chi connectivity index (χ3n) is 3.63. The van der Waals surface area contributed by atoms with Crippen LogP contribution in [0.25, 0.3) is 0 Å². The number of sulfonamides is 1. The van der Waals surface area contributed by atoms with E-state index in [0.29, 0.717) is 12.2 Å². The number of benzene rings is 2. The van der Waals surface area contributed by atoms with Crippen LogP contribution in [0.4, 0.5) is 5.69 Å². The first-order valence-electron chi connectivity index (χ1n) is 6.77. The molecule has 2 aromatic carbocycles. The minimum atomic E-state index is -3.46. The Bertz CT molecular complexity index is 740. The van der Waals surface area contributed by atoms with E-state index in [1.165, 1.54) is 18.2 Å². The van der Waals surface area contributed by atoms with Crippen molar-refractivity contribution in [3.05, 3.63) is 59.2 Å². The predicted molar refractivity (Wildman–Crippen MR) is 85.9 cm³/mol. The van der Waals surface area contributed by atoms with Crippen LogP contribution >= 0.6 is 0 Å². The van der Waals surface area contributed by atoms with E-state index < -0.39 is 10.0 Å². The molecule has 21 heavy (non-hydrogen) atoms. The summed E-state index contributed by atoms with van der Waals surface area (Å²) in [6, 6.07) is 13.0. The molecular weight excluding hydrogens is 284 g/mol. The van der Waals surface area contributed by atoms with Gasteiger partial charge in [-0.05, 0) is 49.7 Å². The molecule has 0 fully saturated rings. The monoisotopic (exact) mass is 304 g/mol. The van der Waals surface area contributed by atoms with Crippen LogP contribution in [0.5, 0.6) is 0 Å². The summed E-state index contributed by atoms with van der Waals surface area (Å²) in [5.74, 6) is 0. The molecule has 0 amide bonds. The van der Waals surface area contributed by atoms with Gasteiger partial charge in [0.25, 0.3) is 0 Å². The minimum absolute atomic E-state index is 0.262. The second-order valence-electron chi connectivity index (χ2n) is 4.92. The summed E-state index contributed by atoms with van der Waals surface area (Å²) in [7, 11) is -2.05. The van der Waals surface area contributed by atoms with Gasteiger partial charge in [-0.15, -0.1) is 0 Å². The number of nitrogens with one attached hydrogen (secondary N) is 2. The second kappa shape index (κ2) is 6.28. The van der Waals surface area contributed by atoms with Gasteiger partial charge in [0.2, 0.25) is 10.0 Å². The van der Waals surface area contributed by atoms with Crippen LogP contribution in [-0.2, 0) is 16.6 Å². The van der Waals surface area contributed by atoms with E-state index in [0.717, 1.165) is 5.56 Å². The van der Waals surface area contributed by atoms with Crippen LogP contribution in [0.1, 0.15) is 16.7 Å². The van der Waals surface area contributed by atoms with Gasteiger partial charge in [0, 0.05) is 6.54 Å². The molecule has 2 rings (SSSR count). The standard InChI is InChI=1S/C16H20N2O2S/c1-12-7-6-8-14(13(12)2)11-18-15-9-4-5-10-16(15)21(19,20)17-3/h4-10,17-18H,11H2,1-3H3. The van der Waals surface area contributed by atoms with Gasteiger partial charge in [-0.3, -0.25) is 0 Å². The van der Waals surface area contributed by atoms with E-state index in [9.17, 15) is 8.42 Å². The van der Waals surface area contributed by atoms with Gasteiger partial charge in [0.05, 0.1) is 5.69 Å². The Morgan fingerprint density at radius 3 is 2.43 bits per heavy atom. The highest BCUT2D eigenvalue weighted by Crippen LogP contribution is 2.22. The number of para-hydroxylation sites is 1. The van der Waals surface area contributed by atoms with Crippen LogP contribution in [0.3, 0.4) is 0 Å². The van der Waals surface area contributed by atoms with E-state index in [-0.39, 0.29) is 4.90 Å². The normalized spacial score (nSPS) is 11.4. The summed E-state index contributed by atoms with van der Waals surface area (Å²) < 4.78 is 26.4. The zero-order valence-corrected chi connectivity index (χ0v) is 13.3. The molecule has 2 aromatic rings. The van der Waals surface area contributed by atoms with Crippen molar-refractivity contribution < 1.29 is 8.42 Å². The Balaban J connectivity index is 2.27. The number of anilines is 1. The van der Waals surface area contributed by atoms with Crippen molar-refractivity contribution in [3.8, 4) is 0 Å². The Morgan fingerprint density at radius 1 is 1.00 bits per heavy atom. The van der Waals surface area contributed by atoms with Crippen LogP contribution < -0.4 is 10.0 Å². The lowest BCUT2D eigenvalue weighted by Gasteiger charge is -2.14. The molecule has 0 heterocycles. The molecule has 5 heteroatoms. The van der Waals surface area contributed by atoms with Crippen LogP contribution in [0, 0.1) is 13.8 Å². The molecule has 0 spiro atoms. The fraction of sp³-hybridized carbons (Fsp3) is 0.250. The number of hydrogen-bond donors (Lipinski definition) is 2. The summed E-state index contributed by atoms with van der Waals surface area (Å²) >= 11 is 0. The lowest BCUT2D eigenvalue weighted by atomic mass is 10.0. The maximum absolute atomic E-state index is 12.0. The van der Waals surface area contributed by atoms with Crippen molar-refractivity contribution in [1.29, 1.82) is 0 Å². The molecule has 112 valence electrons. The van der Waals surface area contributed by atoms with Crippen molar-refractivity contribution in [2.24, 2.45) is 0 Å². The van der Waals surface area contributed by atoms with Crippen molar-refractivity contribution in [2.75, 3.05) is 12.4 Å². The van der Waals surface area contributed by atoms with E-state index in [1.54, 1.807) is 18.2 Å². The van der Waals surface area contributed by atoms with Gasteiger partial charge in [-0.2, -0.15) is 0 Å². The zero-order chi connectivity index (χ0) is 15.5. The van der Waals surface area contributed by atoms with Gasteiger partial charge >= 0.3 is 0 Å². The van der Waals surface area contributed by atoms with E-state index in [2.05, 4.69) is 30.0 Å². The maximum atomic E-state index is 12.0. The Labute approximate surface area is 126 Å². The molecule has 0 aromatic heterocycles. The lowest BCUT2D eigenvalue weighted by Crippen LogP contribution is -2.20. The Hall–Kier alpha value is -1.85. The molecule has 0 unspecified atom stereocenters. The molecule has 0 atom stereocenters. The van der Waals surface area contributed by atoms with Gasteiger partial charge in [-0.25, -0.2) is 13.1 Å². The summed E-state index contributed by atoms with van der Waals surface area (Å²) in [4.78, 5) is 0.262. The molecule has 4 nitrogen and oxygen atoms in total. The number of hydrogen-bond acceptors (Lipinski definition) is 3. The van der Waals surface area contributed by atoms with E-state index in [1.807, 2.05) is 18.2 Å². The summed E-state index contributed by atoms with van der Waals surface area (Å²) in [6.07, 6.45) is 0. The van der Waals surface area contributed by atoms with Crippen molar-refractivity contribution in [1.82, 2.24) is 4.72 Å². The third-order valence-corrected chi connectivity index (χ3v) is 5.10. The van der Waals surface area contributed by atoms with Crippen molar-refractivity contribution in [2.45, 2.75) is 25.3 Å². The van der Waals surface area contributed by atoms with Gasteiger partial charge < -0.3 is 5.32 Å². The second-order valence-corrected chi connectivity index (χ2v) is 6.77. The molecule has 0 aliphatic heterocycles.